The number of amides is 1. The van der Waals surface area contributed by atoms with E-state index in [-0.39, 0.29) is 37.0 Å². The van der Waals surface area contributed by atoms with Crippen molar-refractivity contribution in [2.24, 2.45) is 0 Å². The largest absolute Gasteiger partial charge is 0.748 e. The van der Waals surface area contributed by atoms with Gasteiger partial charge in [0.25, 0.3) is 5.91 Å². The number of carbonyl (C=O) groups excluding carboxylic acids is 1. The smallest absolute Gasteiger partial charge is 0.463 e. The summed E-state index contributed by atoms with van der Waals surface area (Å²) in [5, 5.41) is 0.443. The Morgan fingerprint density at radius 1 is 1.17 bits per heavy atom. The number of rotatable bonds is 9. The number of carbonyl (C=O) groups is 1. The summed E-state index contributed by atoms with van der Waals surface area (Å²) < 4.78 is 93.8. The lowest BCUT2D eigenvalue weighted by Crippen LogP contribution is -2.51. The molecule has 24 heavy (non-hydrogen) atoms. The number of alkyl halides is 5. The van der Waals surface area contributed by atoms with Gasteiger partial charge in [-0.2, -0.15) is 22.0 Å². The van der Waals surface area contributed by atoms with Crippen LogP contribution in [0.15, 0.2) is 0 Å². The van der Waals surface area contributed by atoms with E-state index in [0.717, 1.165) is 0 Å². The average Bonchev–Trinajstić information content (AvgIpc) is 2.38. The van der Waals surface area contributed by atoms with Crippen LogP contribution in [0.25, 0.3) is 0 Å². The van der Waals surface area contributed by atoms with Gasteiger partial charge in [-0.3, -0.25) is 4.79 Å². The first-order valence-electron chi connectivity index (χ1n) is 7.00. The third-order valence-electron chi connectivity index (χ3n) is 3.50. The van der Waals surface area contributed by atoms with Gasteiger partial charge in [0.1, 0.15) is 0 Å². The van der Waals surface area contributed by atoms with Crippen LogP contribution in [0.3, 0.4) is 0 Å². The second kappa shape index (κ2) is 7.91. The maximum Gasteiger partial charge on any atom is 0.463 e. The molecule has 144 valence electrons. The van der Waals surface area contributed by atoms with Gasteiger partial charge < -0.3 is 14.4 Å². The zero-order chi connectivity index (χ0) is 19.4. The molecule has 6 nitrogen and oxygen atoms in total. The molecule has 0 aliphatic carbocycles. The van der Waals surface area contributed by atoms with Crippen molar-refractivity contribution in [1.82, 2.24) is 5.32 Å². The van der Waals surface area contributed by atoms with Crippen LogP contribution >= 0.6 is 0 Å². The van der Waals surface area contributed by atoms with E-state index in [9.17, 15) is 39.7 Å². The van der Waals surface area contributed by atoms with E-state index in [1.54, 1.807) is 14.1 Å². The number of hydrogen-bond acceptors (Lipinski definition) is 4. The predicted molar refractivity (Wildman–Crippen MR) is 74.2 cm³/mol. The molecule has 0 radical (unpaired) electrons. The summed E-state index contributed by atoms with van der Waals surface area (Å²) in [5.41, 5.74) is 0. The molecule has 1 unspecified atom stereocenters. The van der Waals surface area contributed by atoms with Crippen LogP contribution in [0.5, 0.6) is 0 Å². The molecule has 0 fully saturated rings. The second-order valence-electron chi connectivity index (χ2n) is 6.16. The van der Waals surface area contributed by atoms with Crippen LogP contribution in [0.2, 0.25) is 0 Å². The fourth-order valence-corrected chi connectivity index (χ4v) is 2.13. The van der Waals surface area contributed by atoms with Gasteiger partial charge in [-0.05, 0) is 6.92 Å². The number of quaternary nitrogens is 1. The standard InChI is InChI=1S/C12H21F5N2O4S/c1-9(24(21,22)23)5-8-19(2,3)7-4-6-18-10(20)11(13,14)12(15,16)17/h9H,4-8H2,1-3H3,(H-,18,20,21,22,23). The van der Waals surface area contributed by atoms with Gasteiger partial charge in [-0.25, -0.2) is 8.42 Å². The number of nitrogens with one attached hydrogen (secondary N) is 1. The van der Waals surface area contributed by atoms with Gasteiger partial charge >= 0.3 is 12.1 Å². The molecule has 0 aromatic rings. The molecule has 0 saturated carbocycles. The summed E-state index contributed by atoms with van der Waals surface area (Å²) in [7, 11) is -1.05. The van der Waals surface area contributed by atoms with E-state index >= 15 is 0 Å². The highest BCUT2D eigenvalue weighted by Crippen LogP contribution is 2.35. The second-order valence-corrected chi connectivity index (χ2v) is 7.95. The zero-order valence-electron chi connectivity index (χ0n) is 13.5. The van der Waals surface area contributed by atoms with Crippen LogP contribution in [-0.4, -0.2) is 74.4 Å². The molecular weight excluding hydrogens is 363 g/mol. The van der Waals surface area contributed by atoms with Crippen molar-refractivity contribution in [2.45, 2.75) is 37.1 Å². The number of hydrogen-bond donors (Lipinski definition) is 1. The lowest BCUT2D eigenvalue weighted by atomic mass is 10.2. The van der Waals surface area contributed by atoms with Crippen LogP contribution in [0.1, 0.15) is 19.8 Å². The van der Waals surface area contributed by atoms with Crippen molar-refractivity contribution in [2.75, 3.05) is 33.7 Å². The molecule has 0 spiro atoms. The van der Waals surface area contributed by atoms with E-state index in [2.05, 4.69) is 0 Å². The maximum absolute atomic E-state index is 12.7. The van der Waals surface area contributed by atoms with Crippen molar-refractivity contribution in [3.05, 3.63) is 0 Å². The third kappa shape index (κ3) is 7.26. The Morgan fingerprint density at radius 3 is 2.08 bits per heavy atom. The van der Waals surface area contributed by atoms with Gasteiger partial charge in [0.05, 0.1) is 42.6 Å². The van der Waals surface area contributed by atoms with Gasteiger partial charge in [0.15, 0.2) is 0 Å². The molecule has 0 saturated heterocycles. The van der Waals surface area contributed by atoms with E-state index in [1.807, 2.05) is 0 Å². The molecule has 1 N–H and O–H groups in total. The number of nitrogens with zero attached hydrogens (tertiary/aromatic N) is 1. The molecule has 0 aliphatic rings. The summed E-state index contributed by atoms with van der Waals surface area (Å²) in [4.78, 5) is 10.9. The minimum absolute atomic E-state index is 0.0807. The minimum Gasteiger partial charge on any atom is -0.748 e. The lowest BCUT2D eigenvalue weighted by molar-refractivity contribution is -0.890. The molecule has 0 bridgehead atoms. The van der Waals surface area contributed by atoms with Crippen molar-refractivity contribution in [1.29, 1.82) is 0 Å². The van der Waals surface area contributed by atoms with E-state index < -0.39 is 33.4 Å². The highest BCUT2D eigenvalue weighted by atomic mass is 32.2. The number of halogens is 5. The van der Waals surface area contributed by atoms with Crippen LogP contribution in [0, 0.1) is 0 Å². The first-order chi connectivity index (χ1) is 10.5. The molecule has 12 heteroatoms. The highest BCUT2D eigenvalue weighted by molar-refractivity contribution is 7.86. The first-order valence-corrected chi connectivity index (χ1v) is 8.47. The molecular formula is C12H21F5N2O4S. The third-order valence-corrected chi connectivity index (χ3v) is 4.72. The molecule has 0 aromatic carbocycles. The molecule has 0 aromatic heterocycles. The Morgan fingerprint density at radius 2 is 1.67 bits per heavy atom. The van der Waals surface area contributed by atoms with Crippen molar-refractivity contribution in [3.63, 3.8) is 0 Å². The van der Waals surface area contributed by atoms with E-state index in [0.29, 0.717) is 0 Å². The molecule has 1 atom stereocenters. The summed E-state index contributed by atoms with van der Waals surface area (Å²) in [6.07, 6.45) is -5.77. The Bertz CT molecular complexity index is 534. The maximum atomic E-state index is 12.7. The Hall–Kier alpha value is -1.01. The summed E-state index contributed by atoms with van der Waals surface area (Å²) in [5.74, 6) is -7.86. The van der Waals surface area contributed by atoms with Crippen LogP contribution < -0.4 is 5.32 Å². The van der Waals surface area contributed by atoms with E-state index in [1.165, 1.54) is 12.2 Å². The molecule has 1 amide bonds. The van der Waals surface area contributed by atoms with Gasteiger partial charge in [-0.15, -0.1) is 0 Å². The van der Waals surface area contributed by atoms with Gasteiger partial charge in [-0.1, -0.05) is 0 Å². The normalized spacial score (nSPS) is 15.2. The molecule has 0 heterocycles. The van der Waals surface area contributed by atoms with Crippen molar-refractivity contribution >= 4 is 16.0 Å². The average molecular weight is 384 g/mol. The van der Waals surface area contributed by atoms with Crippen LogP contribution in [0.4, 0.5) is 22.0 Å². The van der Waals surface area contributed by atoms with Crippen molar-refractivity contribution in [3.8, 4) is 0 Å². The summed E-state index contributed by atoms with van der Waals surface area (Å²) in [6, 6.07) is 0. The highest BCUT2D eigenvalue weighted by Gasteiger charge is 2.63. The fourth-order valence-electron chi connectivity index (χ4n) is 1.74. The molecule has 0 rings (SSSR count). The Kier molecular flexibility index (Phi) is 7.58. The topological polar surface area (TPSA) is 86.3 Å². The van der Waals surface area contributed by atoms with Crippen molar-refractivity contribution < 1.29 is 44.2 Å². The molecule has 0 aliphatic heterocycles. The quantitative estimate of drug-likeness (QED) is 0.279. The Balaban J connectivity index is 4.30. The monoisotopic (exact) mass is 384 g/mol. The fraction of sp³-hybridized carbons (Fsp3) is 0.917. The van der Waals surface area contributed by atoms with E-state index in [4.69, 9.17) is 0 Å². The zero-order valence-corrected chi connectivity index (χ0v) is 14.3. The van der Waals surface area contributed by atoms with Gasteiger partial charge in [0, 0.05) is 19.4 Å². The van der Waals surface area contributed by atoms with Crippen LogP contribution in [-0.2, 0) is 14.9 Å². The predicted octanol–water partition coefficient (Wildman–Crippen LogP) is 1.09. The van der Waals surface area contributed by atoms with Gasteiger partial charge in [0.2, 0.25) is 0 Å². The Labute approximate surface area is 137 Å². The minimum atomic E-state index is -5.95. The summed E-state index contributed by atoms with van der Waals surface area (Å²) >= 11 is 0. The lowest BCUT2D eigenvalue weighted by Gasteiger charge is -2.31. The first kappa shape index (κ1) is 23.0. The summed E-state index contributed by atoms with van der Waals surface area (Å²) in [6.45, 7) is 1.45. The SMILES string of the molecule is CC(CC[N+](C)(C)CCCNC(=O)C(F)(F)C(F)(F)F)S(=O)(=O)[O-].